The van der Waals surface area contributed by atoms with Crippen LogP contribution in [0.1, 0.15) is 23.6 Å². The Hall–Kier alpha value is -5.10. The standard InChI is InChI=1S/C31H29N3O8S/c1-4-6-22-15-21(16-26(40-3)29(22)42-19-20-7-11-24(12-8-20)34(38)39)17-27-30(36)33(31(37)43-27)18-28(35)32-23-9-13-25(14-10-23)41-5-2/h4,7-17H,1,5-6,18-19H2,2-3H3,(H,32,35)/b27-17+. The van der Waals surface area contributed by atoms with Crippen molar-refractivity contribution in [3.05, 3.63) is 105 Å². The second-order valence-corrected chi connectivity index (χ2v) is 10.2. The van der Waals surface area contributed by atoms with Crippen LogP contribution in [0.4, 0.5) is 16.2 Å². The molecule has 1 heterocycles. The van der Waals surface area contributed by atoms with Crippen LogP contribution in [0.2, 0.25) is 0 Å². The maximum absolute atomic E-state index is 13.1. The van der Waals surface area contributed by atoms with Crippen molar-refractivity contribution in [2.45, 2.75) is 20.0 Å². The normalized spacial score (nSPS) is 13.6. The van der Waals surface area contributed by atoms with Crippen molar-refractivity contribution in [1.29, 1.82) is 0 Å². The fourth-order valence-corrected chi connectivity index (χ4v) is 5.03. The van der Waals surface area contributed by atoms with Gasteiger partial charge in [0.15, 0.2) is 11.5 Å². The van der Waals surface area contributed by atoms with Gasteiger partial charge in [0.05, 0.1) is 23.5 Å². The zero-order chi connectivity index (χ0) is 30.9. The summed E-state index contributed by atoms with van der Waals surface area (Å²) < 4.78 is 17.0. The van der Waals surface area contributed by atoms with E-state index in [9.17, 15) is 24.5 Å². The minimum absolute atomic E-state index is 0.0179. The number of non-ortho nitro benzene ring substituents is 1. The number of nitro groups is 1. The second kappa shape index (κ2) is 14.2. The first-order chi connectivity index (χ1) is 20.7. The fourth-order valence-electron chi connectivity index (χ4n) is 4.19. The number of hydrogen-bond donors (Lipinski definition) is 1. The van der Waals surface area contributed by atoms with Gasteiger partial charge in [0, 0.05) is 23.4 Å². The zero-order valence-corrected chi connectivity index (χ0v) is 24.3. The third-order valence-corrected chi connectivity index (χ3v) is 7.10. The van der Waals surface area contributed by atoms with Gasteiger partial charge in [-0.25, -0.2) is 0 Å². The Balaban J connectivity index is 1.48. The average Bonchev–Trinajstić information content (AvgIpc) is 3.24. The van der Waals surface area contributed by atoms with Crippen LogP contribution in [0, 0.1) is 10.1 Å². The molecule has 1 saturated heterocycles. The van der Waals surface area contributed by atoms with Gasteiger partial charge in [-0.3, -0.25) is 29.4 Å². The summed E-state index contributed by atoms with van der Waals surface area (Å²) in [5.41, 5.74) is 2.52. The maximum Gasteiger partial charge on any atom is 0.294 e. The van der Waals surface area contributed by atoms with Crippen LogP contribution in [-0.2, 0) is 22.6 Å². The summed E-state index contributed by atoms with van der Waals surface area (Å²) in [6, 6.07) is 16.3. The zero-order valence-electron chi connectivity index (χ0n) is 23.5. The Morgan fingerprint density at radius 2 is 1.81 bits per heavy atom. The third kappa shape index (κ3) is 7.80. The van der Waals surface area contributed by atoms with Gasteiger partial charge in [0.2, 0.25) is 5.91 Å². The van der Waals surface area contributed by atoms with E-state index in [2.05, 4.69) is 11.9 Å². The number of carbonyl (C=O) groups is 3. The van der Waals surface area contributed by atoms with E-state index in [-0.39, 0.29) is 17.2 Å². The fraction of sp³-hybridized carbons (Fsp3) is 0.194. The largest absolute Gasteiger partial charge is 0.494 e. The molecule has 0 bridgehead atoms. The summed E-state index contributed by atoms with van der Waals surface area (Å²) in [5, 5.41) is 13.0. The van der Waals surface area contributed by atoms with Crippen molar-refractivity contribution in [1.82, 2.24) is 4.90 Å². The molecule has 3 amide bonds. The number of thioether (sulfide) groups is 1. The van der Waals surface area contributed by atoms with Gasteiger partial charge >= 0.3 is 0 Å². The van der Waals surface area contributed by atoms with Gasteiger partial charge in [0.25, 0.3) is 16.8 Å². The topological polar surface area (TPSA) is 137 Å². The van der Waals surface area contributed by atoms with Crippen molar-refractivity contribution in [2.75, 3.05) is 25.6 Å². The number of hydrogen-bond acceptors (Lipinski definition) is 9. The van der Waals surface area contributed by atoms with E-state index >= 15 is 0 Å². The monoisotopic (exact) mass is 603 g/mol. The SMILES string of the molecule is C=CCc1cc(/C=C2/SC(=O)N(CC(=O)Nc3ccc(OCC)cc3)C2=O)cc(OC)c1OCc1ccc([N+](=O)[O-])cc1. The number of amides is 3. The Labute approximate surface area is 252 Å². The van der Waals surface area contributed by atoms with Gasteiger partial charge in [-0.05, 0) is 90.8 Å². The highest BCUT2D eigenvalue weighted by molar-refractivity contribution is 8.18. The highest BCUT2D eigenvalue weighted by Gasteiger charge is 2.36. The van der Waals surface area contributed by atoms with Gasteiger partial charge < -0.3 is 19.5 Å². The van der Waals surface area contributed by atoms with Gasteiger partial charge in [0.1, 0.15) is 18.9 Å². The van der Waals surface area contributed by atoms with Crippen molar-refractivity contribution >= 4 is 46.3 Å². The molecule has 1 N–H and O–H groups in total. The number of rotatable bonds is 13. The van der Waals surface area contributed by atoms with Crippen LogP contribution in [0.15, 0.2) is 78.2 Å². The van der Waals surface area contributed by atoms with E-state index in [1.165, 1.54) is 19.2 Å². The molecule has 0 unspecified atom stereocenters. The van der Waals surface area contributed by atoms with E-state index in [4.69, 9.17) is 14.2 Å². The Morgan fingerprint density at radius 1 is 1.09 bits per heavy atom. The number of nitrogens with zero attached hydrogens (tertiary/aromatic N) is 2. The molecule has 0 radical (unpaired) electrons. The van der Waals surface area contributed by atoms with Crippen molar-refractivity contribution in [3.8, 4) is 17.2 Å². The van der Waals surface area contributed by atoms with Crippen LogP contribution < -0.4 is 19.5 Å². The number of carbonyl (C=O) groups excluding carboxylic acids is 3. The van der Waals surface area contributed by atoms with Crippen molar-refractivity contribution in [2.24, 2.45) is 0 Å². The lowest BCUT2D eigenvalue weighted by Crippen LogP contribution is -2.36. The van der Waals surface area contributed by atoms with Crippen LogP contribution in [-0.4, -0.2) is 47.1 Å². The predicted molar refractivity (Wildman–Crippen MR) is 163 cm³/mol. The molecular weight excluding hydrogens is 574 g/mol. The minimum Gasteiger partial charge on any atom is -0.494 e. The average molecular weight is 604 g/mol. The summed E-state index contributed by atoms with van der Waals surface area (Å²) in [5.74, 6) is 0.406. The summed E-state index contributed by atoms with van der Waals surface area (Å²) in [6.45, 7) is 5.89. The number of methoxy groups -OCH3 is 1. The number of ether oxygens (including phenoxy) is 3. The molecule has 0 saturated carbocycles. The molecule has 43 heavy (non-hydrogen) atoms. The van der Waals surface area contributed by atoms with E-state index in [0.29, 0.717) is 41.5 Å². The number of nitro benzene ring substituents is 1. The van der Waals surface area contributed by atoms with Crippen LogP contribution in [0.3, 0.4) is 0 Å². The molecule has 1 aliphatic rings. The number of anilines is 1. The van der Waals surface area contributed by atoms with E-state index in [1.807, 2.05) is 6.92 Å². The van der Waals surface area contributed by atoms with Crippen LogP contribution >= 0.6 is 11.8 Å². The van der Waals surface area contributed by atoms with Gasteiger partial charge in [-0.1, -0.05) is 6.08 Å². The highest BCUT2D eigenvalue weighted by atomic mass is 32.2. The first kappa shape index (κ1) is 30.8. The Kier molecular flexibility index (Phi) is 10.2. The quantitative estimate of drug-likeness (QED) is 0.108. The van der Waals surface area contributed by atoms with Gasteiger partial charge in [-0.2, -0.15) is 0 Å². The molecule has 4 rings (SSSR count). The number of imide groups is 1. The van der Waals surface area contributed by atoms with E-state index in [1.54, 1.807) is 60.7 Å². The van der Waals surface area contributed by atoms with Crippen LogP contribution in [0.5, 0.6) is 17.2 Å². The summed E-state index contributed by atoms with van der Waals surface area (Å²) in [6.07, 6.45) is 3.67. The Morgan fingerprint density at radius 3 is 2.44 bits per heavy atom. The summed E-state index contributed by atoms with van der Waals surface area (Å²) in [4.78, 5) is 49.8. The molecule has 3 aromatic carbocycles. The third-order valence-electron chi connectivity index (χ3n) is 6.19. The lowest BCUT2D eigenvalue weighted by Gasteiger charge is -2.16. The minimum atomic E-state index is -0.584. The van der Waals surface area contributed by atoms with Crippen LogP contribution in [0.25, 0.3) is 6.08 Å². The second-order valence-electron chi connectivity index (χ2n) is 9.19. The molecule has 11 nitrogen and oxygen atoms in total. The molecule has 0 spiro atoms. The van der Waals surface area contributed by atoms with E-state index in [0.717, 1.165) is 27.8 Å². The number of allylic oxidation sites excluding steroid dienone is 1. The molecule has 0 aromatic heterocycles. The summed E-state index contributed by atoms with van der Waals surface area (Å²) in [7, 11) is 1.48. The molecular formula is C31H29N3O8S. The predicted octanol–water partition coefficient (Wildman–Crippen LogP) is 5.98. The first-order valence-electron chi connectivity index (χ1n) is 13.2. The lowest BCUT2D eigenvalue weighted by molar-refractivity contribution is -0.384. The first-order valence-corrected chi connectivity index (χ1v) is 14.0. The smallest absolute Gasteiger partial charge is 0.294 e. The van der Waals surface area contributed by atoms with Crippen molar-refractivity contribution < 1.29 is 33.5 Å². The lowest BCUT2D eigenvalue weighted by atomic mass is 10.0. The highest BCUT2D eigenvalue weighted by Crippen LogP contribution is 2.37. The maximum atomic E-state index is 13.1. The van der Waals surface area contributed by atoms with Gasteiger partial charge in [-0.15, -0.1) is 6.58 Å². The van der Waals surface area contributed by atoms with Crippen molar-refractivity contribution in [3.63, 3.8) is 0 Å². The molecule has 3 aromatic rings. The molecule has 1 fully saturated rings. The number of nitrogens with one attached hydrogen (secondary N) is 1. The molecule has 222 valence electrons. The molecule has 0 atom stereocenters. The number of benzene rings is 3. The molecule has 1 aliphatic heterocycles. The Bertz CT molecular complexity index is 1570. The van der Waals surface area contributed by atoms with E-state index < -0.39 is 28.5 Å². The summed E-state index contributed by atoms with van der Waals surface area (Å²) >= 11 is 0.742. The molecule has 0 aliphatic carbocycles. The molecule has 12 heteroatoms.